The highest BCUT2D eigenvalue weighted by atomic mass is 32.2. The van der Waals surface area contributed by atoms with E-state index in [1.807, 2.05) is 24.0 Å². The summed E-state index contributed by atoms with van der Waals surface area (Å²) in [7, 11) is -1.75. The first kappa shape index (κ1) is 19.1. The molecule has 1 heterocycles. The van der Waals surface area contributed by atoms with Crippen molar-refractivity contribution in [3.05, 3.63) is 29.8 Å². The lowest BCUT2D eigenvalue weighted by Gasteiger charge is -2.35. The van der Waals surface area contributed by atoms with E-state index < -0.39 is 10.0 Å². The molecular formula is C16H25N3O3S2. The van der Waals surface area contributed by atoms with Crippen LogP contribution in [-0.2, 0) is 14.8 Å². The summed E-state index contributed by atoms with van der Waals surface area (Å²) in [4.78, 5) is 2.37. The number of hydrogen-bond acceptors (Lipinski definition) is 4. The smallest absolute Gasteiger partial charge is 0.243 e. The molecule has 0 bridgehead atoms. The second-order valence-electron chi connectivity index (χ2n) is 5.78. The molecule has 1 fully saturated rings. The molecule has 24 heavy (non-hydrogen) atoms. The van der Waals surface area contributed by atoms with Crippen LogP contribution < -0.4 is 5.32 Å². The molecule has 8 heteroatoms. The fourth-order valence-electron chi connectivity index (χ4n) is 2.51. The summed E-state index contributed by atoms with van der Waals surface area (Å²) in [5, 5.41) is 3.87. The molecule has 0 radical (unpaired) electrons. The van der Waals surface area contributed by atoms with Crippen molar-refractivity contribution in [2.24, 2.45) is 0 Å². The molecule has 1 N–H and O–H groups in total. The molecule has 0 aliphatic carbocycles. The lowest BCUT2D eigenvalue weighted by molar-refractivity contribution is 0.195. The number of rotatable bonds is 6. The molecular weight excluding hydrogens is 346 g/mol. The molecule has 0 atom stereocenters. The molecule has 1 aliphatic heterocycles. The van der Waals surface area contributed by atoms with Crippen LogP contribution in [0.1, 0.15) is 12.0 Å². The van der Waals surface area contributed by atoms with E-state index in [1.165, 1.54) is 4.31 Å². The quantitative estimate of drug-likeness (QED) is 0.599. The highest BCUT2D eigenvalue weighted by Gasteiger charge is 2.29. The SMILES string of the molecule is COCCCNC(=S)N1CCN(S(=O)(=O)c2ccc(C)cc2)CC1. The Hall–Kier alpha value is -1.22. The number of thiocarbonyl (C=S) groups is 1. The molecule has 134 valence electrons. The van der Waals surface area contributed by atoms with E-state index in [4.69, 9.17) is 17.0 Å². The minimum atomic E-state index is -3.43. The zero-order valence-electron chi connectivity index (χ0n) is 14.2. The molecule has 6 nitrogen and oxygen atoms in total. The van der Waals surface area contributed by atoms with Gasteiger partial charge in [-0.2, -0.15) is 4.31 Å². The maximum Gasteiger partial charge on any atom is 0.243 e. The van der Waals surface area contributed by atoms with Gasteiger partial charge in [0.1, 0.15) is 0 Å². The number of sulfonamides is 1. The molecule has 1 aliphatic rings. The first-order chi connectivity index (χ1) is 11.4. The molecule has 0 unspecified atom stereocenters. The van der Waals surface area contributed by atoms with Crippen LogP contribution in [0, 0.1) is 6.92 Å². The van der Waals surface area contributed by atoms with Crippen molar-refractivity contribution in [1.29, 1.82) is 0 Å². The first-order valence-corrected chi connectivity index (χ1v) is 9.88. The zero-order valence-corrected chi connectivity index (χ0v) is 15.8. The summed E-state index contributed by atoms with van der Waals surface area (Å²) in [5.41, 5.74) is 1.05. The van der Waals surface area contributed by atoms with Gasteiger partial charge in [0.2, 0.25) is 10.0 Å². The number of ether oxygens (including phenoxy) is 1. The van der Waals surface area contributed by atoms with Crippen LogP contribution in [0.2, 0.25) is 0 Å². The van der Waals surface area contributed by atoms with Crippen molar-refractivity contribution >= 4 is 27.4 Å². The minimum Gasteiger partial charge on any atom is -0.385 e. The molecule has 1 saturated heterocycles. The van der Waals surface area contributed by atoms with Crippen molar-refractivity contribution in [3.8, 4) is 0 Å². The molecule has 0 aromatic heterocycles. The Labute approximate surface area is 149 Å². The normalized spacial score (nSPS) is 16.2. The van der Waals surface area contributed by atoms with Crippen molar-refractivity contribution in [3.63, 3.8) is 0 Å². The van der Waals surface area contributed by atoms with E-state index >= 15 is 0 Å². The lowest BCUT2D eigenvalue weighted by Crippen LogP contribution is -2.53. The predicted molar refractivity (Wildman–Crippen MR) is 98.6 cm³/mol. The fraction of sp³-hybridized carbons (Fsp3) is 0.562. The van der Waals surface area contributed by atoms with E-state index in [0.717, 1.165) is 18.5 Å². The third-order valence-electron chi connectivity index (χ3n) is 3.99. The fourth-order valence-corrected chi connectivity index (χ4v) is 4.22. The molecule has 1 aromatic rings. The minimum absolute atomic E-state index is 0.349. The summed E-state index contributed by atoms with van der Waals surface area (Å²) >= 11 is 5.37. The van der Waals surface area contributed by atoms with Crippen LogP contribution in [0.3, 0.4) is 0 Å². The van der Waals surface area contributed by atoms with Gasteiger partial charge < -0.3 is 15.0 Å². The van der Waals surface area contributed by atoms with Crippen LogP contribution >= 0.6 is 12.2 Å². The summed E-state index contributed by atoms with van der Waals surface area (Å²) in [6.45, 7) is 5.47. The Balaban J connectivity index is 1.87. The highest BCUT2D eigenvalue weighted by Crippen LogP contribution is 2.18. The van der Waals surface area contributed by atoms with Gasteiger partial charge in [-0.05, 0) is 37.7 Å². The van der Waals surface area contributed by atoms with E-state index in [2.05, 4.69) is 5.32 Å². The predicted octanol–water partition coefficient (Wildman–Crippen LogP) is 1.21. The first-order valence-electron chi connectivity index (χ1n) is 8.03. The Bertz CT molecular complexity index is 639. The van der Waals surface area contributed by atoms with Crippen molar-refractivity contribution < 1.29 is 13.2 Å². The van der Waals surface area contributed by atoms with Gasteiger partial charge in [-0.3, -0.25) is 0 Å². The number of aryl methyl sites for hydroxylation is 1. The number of benzene rings is 1. The lowest BCUT2D eigenvalue weighted by atomic mass is 10.2. The van der Waals surface area contributed by atoms with Gasteiger partial charge in [-0.25, -0.2) is 8.42 Å². The Kier molecular flexibility index (Phi) is 6.97. The Morgan fingerprint density at radius 3 is 2.42 bits per heavy atom. The standard InChI is InChI=1S/C16H25N3O3S2/c1-14-4-6-15(7-5-14)24(20,21)19-11-9-18(10-12-19)16(23)17-8-3-13-22-2/h4-7H,3,8-13H2,1-2H3,(H,17,23). The highest BCUT2D eigenvalue weighted by molar-refractivity contribution is 7.89. The maximum absolute atomic E-state index is 12.7. The third-order valence-corrected chi connectivity index (χ3v) is 6.30. The molecule has 0 saturated carbocycles. The average molecular weight is 372 g/mol. The van der Waals surface area contributed by atoms with E-state index in [1.54, 1.807) is 19.2 Å². The van der Waals surface area contributed by atoms with Crippen LogP contribution in [-0.4, -0.2) is 69.2 Å². The zero-order chi connectivity index (χ0) is 17.6. The van der Waals surface area contributed by atoms with Crippen molar-refractivity contribution in [2.45, 2.75) is 18.2 Å². The van der Waals surface area contributed by atoms with Gasteiger partial charge in [0.15, 0.2) is 5.11 Å². The number of nitrogens with zero attached hydrogens (tertiary/aromatic N) is 2. The van der Waals surface area contributed by atoms with Crippen LogP contribution in [0.15, 0.2) is 29.2 Å². The van der Waals surface area contributed by atoms with E-state index in [0.29, 0.717) is 42.8 Å². The second kappa shape index (κ2) is 8.75. The molecule has 2 rings (SSSR count). The number of nitrogens with one attached hydrogen (secondary N) is 1. The summed E-state index contributed by atoms with van der Waals surface area (Å²) in [6, 6.07) is 6.97. The topological polar surface area (TPSA) is 61.9 Å². The third kappa shape index (κ3) is 4.89. The van der Waals surface area contributed by atoms with Crippen LogP contribution in [0.4, 0.5) is 0 Å². The van der Waals surface area contributed by atoms with Gasteiger partial charge in [-0.1, -0.05) is 17.7 Å². The average Bonchev–Trinajstić information content (AvgIpc) is 2.59. The Morgan fingerprint density at radius 1 is 1.21 bits per heavy atom. The van der Waals surface area contributed by atoms with Gasteiger partial charge in [0.05, 0.1) is 4.90 Å². The monoisotopic (exact) mass is 371 g/mol. The van der Waals surface area contributed by atoms with Crippen molar-refractivity contribution in [1.82, 2.24) is 14.5 Å². The van der Waals surface area contributed by atoms with Gasteiger partial charge in [-0.15, -0.1) is 0 Å². The molecule has 0 spiro atoms. The summed E-state index contributed by atoms with van der Waals surface area (Å²) in [5.74, 6) is 0. The molecule has 0 amide bonds. The van der Waals surface area contributed by atoms with Gasteiger partial charge in [0.25, 0.3) is 0 Å². The van der Waals surface area contributed by atoms with Crippen LogP contribution in [0.5, 0.6) is 0 Å². The summed E-state index contributed by atoms with van der Waals surface area (Å²) in [6.07, 6.45) is 0.887. The number of methoxy groups -OCH3 is 1. The van der Waals surface area contributed by atoms with Gasteiger partial charge in [0, 0.05) is 46.4 Å². The summed E-state index contributed by atoms with van der Waals surface area (Å²) < 4.78 is 31.9. The van der Waals surface area contributed by atoms with E-state index in [9.17, 15) is 8.42 Å². The molecule has 1 aromatic carbocycles. The second-order valence-corrected chi connectivity index (χ2v) is 8.11. The van der Waals surface area contributed by atoms with Crippen LogP contribution in [0.25, 0.3) is 0 Å². The number of piperazine rings is 1. The largest absolute Gasteiger partial charge is 0.385 e. The Morgan fingerprint density at radius 2 is 1.83 bits per heavy atom. The maximum atomic E-state index is 12.7. The van der Waals surface area contributed by atoms with Gasteiger partial charge >= 0.3 is 0 Å². The number of hydrogen-bond donors (Lipinski definition) is 1. The van der Waals surface area contributed by atoms with E-state index in [-0.39, 0.29) is 0 Å². The van der Waals surface area contributed by atoms with Crippen molar-refractivity contribution in [2.75, 3.05) is 46.4 Å².